The van der Waals surface area contributed by atoms with E-state index in [1.165, 1.54) is 36.0 Å². The molecule has 0 aliphatic rings. The molecular formula is C21H17FN6O3S2. The number of benzene rings is 2. The molecule has 4 aromatic rings. The summed E-state index contributed by atoms with van der Waals surface area (Å²) in [7, 11) is 0. The minimum atomic E-state index is -0.375. The third kappa shape index (κ3) is 6.67. The molecule has 0 saturated carbocycles. The maximum atomic E-state index is 12.9. The van der Waals surface area contributed by atoms with Crippen molar-refractivity contribution in [3.8, 4) is 11.4 Å². The fraction of sp³-hybridized carbons (Fsp3) is 0.143. The molecule has 0 aliphatic carbocycles. The van der Waals surface area contributed by atoms with Gasteiger partial charge in [0.15, 0.2) is 4.34 Å². The standard InChI is InChI=1S/C21H17FN6O3S2/c22-14-6-8-15(9-7-14)23-17(30)12-32-21-27-26-20(33-21)24-16(29)10-11-18-25-19(28-31-18)13-4-2-1-3-5-13/h1-9H,10-12H2,(H,23,30)(H,24,26,29). The number of anilines is 2. The fourth-order valence-corrected chi connectivity index (χ4v) is 4.21. The number of nitrogens with one attached hydrogen (secondary N) is 2. The highest BCUT2D eigenvalue weighted by Crippen LogP contribution is 2.26. The predicted octanol–water partition coefficient (Wildman–Crippen LogP) is 4.03. The zero-order valence-electron chi connectivity index (χ0n) is 17.0. The molecule has 0 aliphatic heterocycles. The van der Waals surface area contributed by atoms with E-state index in [9.17, 15) is 14.0 Å². The van der Waals surface area contributed by atoms with Crippen LogP contribution in [0.2, 0.25) is 0 Å². The van der Waals surface area contributed by atoms with E-state index in [0.717, 1.165) is 16.9 Å². The fourth-order valence-electron chi connectivity index (χ4n) is 2.64. The maximum Gasteiger partial charge on any atom is 0.234 e. The van der Waals surface area contributed by atoms with Crippen LogP contribution in [0.4, 0.5) is 15.2 Å². The molecule has 9 nitrogen and oxygen atoms in total. The van der Waals surface area contributed by atoms with Gasteiger partial charge in [0.1, 0.15) is 5.82 Å². The molecule has 0 saturated heterocycles. The number of amides is 2. The van der Waals surface area contributed by atoms with Gasteiger partial charge in [0.25, 0.3) is 0 Å². The monoisotopic (exact) mass is 484 g/mol. The van der Waals surface area contributed by atoms with Crippen molar-refractivity contribution >= 4 is 45.7 Å². The third-order valence-electron chi connectivity index (χ3n) is 4.17. The van der Waals surface area contributed by atoms with Crippen LogP contribution in [-0.4, -0.2) is 37.9 Å². The lowest BCUT2D eigenvalue weighted by molar-refractivity contribution is -0.116. The molecule has 2 aromatic carbocycles. The number of carbonyl (C=O) groups excluding carboxylic acids is 2. The third-order valence-corrected chi connectivity index (χ3v) is 6.15. The Morgan fingerprint density at radius 2 is 1.79 bits per heavy atom. The van der Waals surface area contributed by atoms with E-state index >= 15 is 0 Å². The van der Waals surface area contributed by atoms with Gasteiger partial charge < -0.3 is 15.2 Å². The van der Waals surface area contributed by atoms with Crippen molar-refractivity contribution in [3.63, 3.8) is 0 Å². The quantitative estimate of drug-likeness (QED) is 0.270. The zero-order chi connectivity index (χ0) is 23.0. The van der Waals surface area contributed by atoms with Gasteiger partial charge in [0.2, 0.25) is 28.7 Å². The number of thioether (sulfide) groups is 1. The first kappa shape index (κ1) is 22.6. The molecule has 0 fully saturated rings. The SMILES string of the molecule is O=C(CSc1nnc(NC(=O)CCc2nc(-c3ccccc3)no2)s1)Nc1ccc(F)cc1. The average molecular weight is 485 g/mol. The van der Waals surface area contributed by atoms with Gasteiger partial charge in [-0.2, -0.15) is 4.98 Å². The Morgan fingerprint density at radius 3 is 2.58 bits per heavy atom. The Hall–Kier alpha value is -3.64. The molecule has 12 heteroatoms. The first-order chi connectivity index (χ1) is 16.0. The first-order valence-electron chi connectivity index (χ1n) is 9.75. The van der Waals surface area contributed by atoms with E-state index in [4.69, 9.17) is 4.52 Å². The zero-order valence-corrected chi connectivity index (χ0v) is 18.7. The van der Waals surface area contributed by atoms with Gasteiger partial charge >= 0.3 is 0 Å². The van der Waals surface area contributed by atoms with Gasteiger partial charge in [0, 0.05) is 24.1 Å². The summed E-state index contributed by atoms with van der Waals surface area (Å²) in [6.45, 7) is 0. The van der Waals surface area contributed by atoms with Crippen LogP contribution in [0.15, 0.2) is 63.5 Å². The predicted molar refractivity (Wildman–Crippen MR) is 122 cm³/mol. The second-order valence-corrected chi connectivity index (χ2v) is 8.84. The van der Waals surface area contributed by atoms with E-state index in [1.807, 2.05) is 30.3 Å². The molecular weight excluding hydrogens is 467 g/mol. The lowest BCUT2D eigenvalue weighted by Gasteiger charge is -2.03. The summed E-state index contributed by atoms with van der Waals surface area (Å²) in [5.41, 5.74) is 1.34. The Balaban J connectivity index is 1.20. The van der Waals surface area contributed by atoms with Crippen LogP contribution in [0.1, 0.15) is 12.3 Å². The number of carbonyl (C=O) groups is 2. The van der Waals surface area contributed by atoms with Gasteiger partial charge in [-0.25, -0.2) is 4.39 Å². The van der Waals surface area contributed by atoms with Gasteiger partial charge in [-0.3, -0.25) is 9.59 Å². The minimum Gasteiger partial charge on any atom is -0.339 e. The van der Waals surface area contributed by atoms with Crippen molar-refractivity contribution in [2.45, 2.75) is 17.2 Å². The van der Waals surface area contributed by atoms with E-state index in [1.54, 1.807) is 0 Å². The molecule has 4 rings (SSSR count). The highest BCUT2D eigenvalue weighted by molar-refractivity contribution is 8.01. The van der Waals surface area contributed by atoms with Crippen molar-refractivity contribution < 1.29 is 18.5 Å². The molecule has 2 amide bonds. The van der Waals surface area contributed by atoms with E-state index in [-0.39, 0.29) is 36.2 Å². The van der Waals surface area contributed by atoms with Crippen molar-refractivity contribution in [3.05, 3.63) is 66.3 Å². The second-order valence-electron chi connectivity index (χ2n) is 6.64. The molecule has 168 valence electrons. The molecule has 33 heavy (non-hydrogen) atoms. The summed E-state index contributed by atoms with van der Waals surface area (Å²) >= 11 is 2.35. The van der Waals surface area contributed by atoms with Crippen LogP contribution in [0, 0.1) is 5.82 Å². The van der Waals surface area contributed by atoms with Crippen LogP contribution >= 0.6 is 23.1 Å². The van der Waals surface area contributed by atoms with Crippen LogP contribution in [0.5, 0.6) is 0 Å². The summed E-state index contributed by atoms with van der Waals surface area (Å²) in [5, 5.41) is 17.5. The van der Waals surface area contributed by atoms with Crippen LogP contribution in [0.25, 0.3) is 11.4 Å². The highest BCUT2D eigenvalue weighted by atomic mass is 32.2. The first-order valence-corrected chi connectivity index (χ1v) is 11.5. The second kappa shape index (κ2) is 10.8. The van der Waals surface area contributed by atoms with Crippen molar-refractivity contribution in [2.24, 2.45) is 0 Å². The summed E-state index contributed by atoms with van der Waals surface area (Å²) in [5.74, 6) is 0.0312. The lowest BCUT2D eigenvalue weighted by Crippen LogP contribution is -2.13. The Morgan fingerprint density at radius 1 is 1.00 bits per heavy atom. The summed E-state index contributed by atoms with van der Waals surface area (Å²) in [6, 6.07) is 14.9. The normalized spacial score (nSPS) is 10.7. The largest absolute Gasteiger partial charge is 0.339 e. The molecule has 2 aromatic heterocycles. The van der Waals surface area contributed by atoms with E-state index in [2.05, 4.69) is 31.0 Å². The van der Waals surface area contributed by atoms with Gasteiger partial charge in [-0.15, -0.1) is 10.2 Å². The highest BCUT2D eigenvalue weighted by Gasteiger charge is 2.13. The van der Waals surface area contributed by atoms with Gasteiger partial charge in [-0.05, 0) is 24.3 Å². The van der Waals surface area contributed by atoms with Crippen molar-refractivity contribution in [2.75, 3.05) is 16.4 Å². The number of aryl methyl sites for hydroxylation is 1. The minimum absolute atomic E-state index is 0.0981. The number of hydrogen-bond donors (Lipinski definition) is 2. The summed E-state index contributed by atoms with van der Waals surface area (Å²) in [4.78, 5) is 28.5. The molecule has 0 atom stereocenters. The number of aromatic nitrogens is 4. The Bertz CT molecular complexity index is 1230. The van der Waals surface area contributed by atoms with E-state index in [0.29, 0.717) is 26.9 Å². The number of rotatable bonds is 9. The summed E-state index contributed by atoms with van der Waals surface area (Å²) < 4.78 is 18.6. The lowest BCUT2D eigenvalue weighted by atomic mass is 10.2. The number of hydrogen-bond acceptors (Lipinski definition) is 9. The molecule has 0 unspecified atom stereocenters. The van der Waals surface area contributed by atoms with Crippen molar-refractivity contribution in [1.29, 1.82) is 0 Å². The molecule has 0 spiro atoms. The van der Waals surface area contributed by atoms with Gasteiger partial charge in [-0.1, -0.05) is 58.6 Å². The van der Waals surface area contributed by atoms with Gasteiger partial charge in [0.05, 0.1) is 5.75 Å². The number of halogens is 1. The Kier molecular flexibility index (Phi) is 7.37. The summed E-state index contributed by atoms with van der Waals surface area (Å²) in [6.07, 6.45) is 0.425. The van der Waals surface area contributed by atoms with Crippen molar-refractivity contribution in [1.82, 2.24) is 20.3 Å². The Labute approximate surface area is 195 Å². The molecule has 2 heterocycles. The maximum absolute atomic E-state index is 12.9. The van der Waals surface area contributed by atoms with Crippen LogP contribution < -0.4 is 10.6 Å². The molecule has 2 N–H and O–H groups in total. The van der Waals surface area contributed by atoms with Crippen LogP contribution in [0.3, 0.4) is 0 Å². The molecule has 0 bridgehead atoms. The number of nitrogens with zero attached hydrogens (tertiary/aromatic N) is 4. The van der Waals surface area contributed by atoms with Crippen LogP contribution in [-0.2, 0) is 16.0 Å². The smallest absolute Gasteiger partial charge is 0.234 e. The molecule has 0 radical (unpaired) electrons. The average Bonchev–Trinajstić information content (AvgIpc) is 3.48. The topological polar surface area (TPSA) is 123 Å². The van der Waals surface area contributed by atoms with E-state index < -0.39 is 0 Å².